The number of thiophene rings is 1. The van der Waals surface area contributed by atoms with E-state index in [0.29, 0.717) is 56.7 Å². The molecule has 210 valence electrons. The van der Waals surface area contributed by atoms with Gasteiger partial charge in [-0.15, -0.1) is 11.3 Å². The number of likely N-dealkylation sites (tertiary alicyclic amines) is 1. The van der Waals surface area contributed by atoms with Crippen molar-refractivity contribution in [2.24, 2.45) is 11.5 Å². The highest BCUT2D eigenvalue weighted by atomic mass is 32.1. The fraction of sp³-hybridized carbons (Fsp3) is 0.414. The summed E-state index contributed by atoms with van der Waals surface area (Å²) in [6.07, 6.45) is 3.74. The van der Waals surface area contributed by atoms with Crippen LogP contribution in [-0.4, -0.2) is 53.0 Å². The van der Waals surface area contributed by atoms with Crippen molar-refractivity contribution >= 4 is 44.9 Å². The van der Waals surface area contributed by atoms with Crippen LogP contribution in [0.15, 0.2) is 30.3 Å². The molecular weight excluding hydrogens is 530 g/mol. The molecular formula is C29H33N5O5S. The highest BCUT2D eigenvalue weighted by molar-refractivity contribution is 7.21. The number of nitrogens with zero attached hydrogens (tertiary/aromatic N) is 1. The number of carboxylic acid groups (broad SMARTS) is 1. The Balaban J connectivity index is 1.41. The zero-order valence-corrected chi connectivity index (χ0v) is 23.1. The summed E-state index contributed by atoms with van der Waals surface area (Å²) >= 11 is 1.18. The van der Waals surface area contributed by atoms with Gasteiger partial charge in [0.05, 0.1) is 21.7 Å². The van der Waals surface area contributed by atoms with Crippen LogP contribution < -0.4 is 27.3 Å². The molecule has 1 saturated carbocycles. The first kappa shape index (κ1) is 26.5. The first-order valence-corrected chi connectivity index (χ1v) is 14.4. The number of nitrogens with one attached hydrogen (secondary N) is 1. The Labute approximate surface area is 235 Å². The summed E-state index contributed by atoms with van der Waals surface area (Å²) in [4.78, 5) is 40.7. The predicted octanol–water partition coefficient (Wildman–Crippen LogP) is 3.38. The number of amides is 2. The molecule has 2 aromatic carbocycles. The molecule has 3 atom stereocenters. The van der Waals surface area contributed by atoms with Crippen LogP contribution in [0.4, 0.5) is 10.5 Å². The fourth-order valence-corrected chi connectivity index (χ4v) is 7.38. The van der Waals surface area contributed by atoms with E-state index in [2.05, 4.69) is 5.32 Å². The molecule has 2 fully saturated rings. The van der Waals surface area contributed by atoms with Gasteiger partial charge >= 0.3 is 6.09 Å². The van der Waals surface area contributed by atoms with Crippen molar-refractivity contribution in [3.63, 3.8) is 0 Å². The molecule has 40 heavy (non-hydrogen) atoms. The van der Waals surface area contributed by atoms with Crippen LogP contribution in [0.2, 0.25) is 0 Å². The van der Waals surface area contributed by atoms with E-state index in [1.807, 2.05) is 25.1 Å². The summed E-state index contributed by atoms with van der Waals surface area (Å²) in [5.41, 5.74) is 21.3. The van der Waals surface area contributed by atoms with Crippen molar-refractivity contribution in [1.82, 2.24) is 10.2 Å². The molecule has 6 rings (SSSR count). The molecule has 1 aromatic heterocycles. The minimum Gasteiger partial charge on any atom is -0.490 e. The summed E-state index contributed by atoms with van der Waals surface area (Å²) in [6.45, 7) is 2.53. The first-order chi connectivity index (χ1) is 19.1. The number of ether oxygens (including phenoxy) is 1. The number of piperidine rings is 1. The Bertz CT molecular complexity index is 1550. The molecule has 11 heteroatoms. The molecule has 1 saturated heterocycles. The summed E-state index contributed by atoms with van der Waals surface area (Å²) in [5.74, 6) is -0.0758. The number of carbonyl (C=O) groups excluding carboxylic acids is 2. The Hall–Kier alpha value is -3.67. The van der Waals surface area contributed by atoms with Gasteiger partial charge in [-0.1, -0.05) is 12.1 Å². The highest BCUT2D eigenvalue weighted by Crippen LogP contribution is 2.50. The number of benzene rings is 2. The number of Topliss-reactive ketones (excluding diaryl/α,β-unsaturated/α-hetero) is 1. The zero-order valence-electron chi connectivity index (χ0n) is 22.2. The molecule has 2 heterocycles. The lowest BCUT2D eigenvalue weighted by molar-refractivity contribution is -0.124. The van der Waals surface area contributed by atoms with Crippen LogP contribution in [0, 0.1) is 6.92 Å². The van der Waals surface area contributed by atoms with Gasteiger partial charge in [-0.3, -0.25) is 9.59 Å². The standard InChI is InChI=1S/C29H33N5O5S/c1-14-12-17(39-16-5-2-6-16)7-8-18(14)29(32)19-9-10-20(30)24-21(19)22(23(31)26(29)35)25(40-24)27(36)33-15-4-3-11-34(13-15)28(37)38/h7-10,12,15-16,23H,2-6,11,13,30-32H2,1H3,(H,33,36)(H,37,38). The third-order valence-corrected chi connectivity index (χ3v) is 9.78. The van der Waals surface area contributed by atoms with Crippen molar-refractivity contribution < 1.29 is 24.2 Å². The summed E-state index contributed by atoms with van der Waals surface area (Å²) in [7, 11) is 0. The topological polar surface area (TPSA) is 174 Å². The van der Waals surface area contributed by atoms with Gasteiger partial charge < -0.3 is 37.3 Å². The van der Waals surface area contributed by atoms with Gasteiger partial charge in [0.25, 0.3) is 5.91 Å². The number of nitrogens with two attached hydrogens (primary N) is 3. The van der Waals surface area contributed by atoms with Crippen molar-refractivity contribution in [3.8, 4) is 5.75 Å². The van der Waals surface area contributed by atoms with Crippen LogP contribution in [-0.2, 0) is 10.3 Å². The van der Waals surface area contributed by atoms with E-state index in [-0.39, 0.29) is 18.7 Å². The maximum Gasteiger partial charge on any atom is 0.407 e. The molecule has 3 unspecified atom stereocenters. The number of ketones is 1. The van der Waals surface area contributed by atoms with Gasteiger partial charge in [0.2, 0.25) is 0 Å². The van der Waals surface area contributed by atoms with Crippen molar-refractivity contribution in [2.75, 3.05) is 18.8 Å². The monoisotopic (exact) mass is 563 g/mol. The van der Waals surface area contributed by atoms with Gasteiger partial charge in [0.15, 0.2) is 5.78 Å². The molecule has 1 aliphatic heterocycles. The van der Waals surface area contributed by atoms with E-state index in [9.17, 15) is 19.5 Å². The van der Waals surface area contributed by atoms with E-state index >= 15 is 0 Å². The molecule has 10 nitrogen and oxygen atoms in total. The summed E-state index contributed by atoms with van der Waals surface area (Å²) in [6, 6.07) is 7.54. The van der Waals surface area contributed by atoms with Crippen molar-refractivity contribution in [3.05, 3.63) is 57.5 Å². The second kappa shape index (κ2) is 9.76. The number of carbonyl (C=O) groups is 3. The highest BCUT2D eigenvalue weighted by Gasteiger charge is 2.49. The lowest BCUT2D eigenvalue weighted by Gasteiger charge is -2.37. The zero-order chi connectivity index (χ0) is 28.3. The summed E-state index contributed by atoms with van der Waals surface area (Å²) in [5, 5.41) is 13.0. The quantitative estimate of drug-likeness (QED) is 0.294. The number of nitrogen functional groups attached to an aromatic ring is 1. The van der Waals surface area contributed by atoms with Gasteiger partial charge in [-0.25, -0.2) is 4.79 Å². The minimum absolute atomic E-state index is 0.200. The third kappa shape index (κ3) is 4.11. The SMILES string of the molecule is Cc1cc(OC2CCC2)ccc1C1(N)C(=O)C(N)c2c(C(=O)NC3CCCN(C(=O)O)C3)sc3c(N)ccc1c23. The Morgan fingerprint density at radius 2 is 1.90 bits per heavy atom. The normalized spacial score (nSPS) is 24.6. The predicted molar refractivity (Wildman–Crippen MR) is 153 cm³/mol. The maximum absolute atomic E-state index is 14.1. The van der Waals surface area contributed by atoms with Crippen LogP contribution in [0.25, 0.3) is 10.1 Å². The maximum atomic E-state index is 14.1. The number of anilines is 1. The molecule has 0 radical (unpaired) electrons. The van der Waals surface area contributed by atoms with E-state index in [1.165, 1.54) is 16.2 Å². The van der Waals surface area contributed by atoms with Gasteiger partial charge in [0, 0.05) is 35.8 Å². The fourth-order valence-electron chi connectivity index (χ4n) is 6.18. The van der Waals surface area contributed by atoms with Gasteiger partial charge in [-0.05, 0) is 73.9 Å². The number of rotatable bonds is 5. The molecule has 2 aliphatic carbocycles. The van der Waals surface area contributed by atoms with Crippen LogP contribution in [0.1, 0.15) is 70.1 Å². The van der Waals surface area contributed by atoms with Gasteiger partial charge in [-0.2, -0.15) is 0 Å². The van der Waals surface area contributed by atoms with Crippen LogP contribution >= 0.6 is 11.3 Å². The van der Waals surface area contributed by atoms with E-state index < -0.39 is 29.4 Å². The number of aryl methyl sites for hydroxylation is 1. The lowest BCUT2D eigenvalue weighted by atomic mass is 9.69. The molecule has 0 spiro atoms. The van der Waals surface area contributed by atoms with Gasteiger partial charge in [0.1, 0.15) is 11.3 Å². The second-order valence-electron chi connectivity index (χ2n) is 11.1. The third-order valence-electron chi connectivity index (χ3n) is 8.52. The lowest BCUT2D eigenvalue weighted by Crippen LogP contribution is -2.53. The first-order valence-electron chi connectivity index (χ1n) is 13.6. The largest absolute Gasteiger partial charge is 0.490 e. The van der Waals surface area contributed by atoms with E-state index in [0.717, 1.165) is 30.6 Å². The molecule has 8 N–H and O–H groups in total. The Kier molecular flexibility index (Phi) is 6.47. The summed E-state index contributed by atoms with van der Waals surface area (Å²) < 4.78 is 6.70. The van der Waals surface area contributed by atoms with Crippen molar-refractivity contribution in [1.29, 1.82) is 0 Å². The van der Waals surface area contributed by atoms with Crippen molar-refractivity contribution in [2.45, 2.75) is 62.8 Å². The average molecular weight is 564 g/mol. The average Bonchev–Trinajstić information content (AvgIpc) is 3.31. The smallest absolute Gasteiger partial charge is 0.407 e. The minimum atomic E-state index is -1.54. The molecule has 0 bridgehead atoms. The van der Waals surface area contributed by atoms with E-state index in [1.54, 1.807) is 12.1 Å². The number of hydrogen-bond donors (Lipinski definition) is 5. The molecule has 3 aliphatic rings. The Morgan fingerprint density at radius 1 is 1.15 bits per heavy atom. The van der Waals surface area contributed by atoms with Crippen LogP contribution in [0.5, 0.6) is 5.75 Å². The second-order valence-corrected chi connectivity index (χ2v) is 12.1. The van der Waals surface area contributed by atoms with E-state index in [4.69, 9.17) is 21.9 Å². The number of hydrogen-bond acceptors (Lipinski definition) is 8. The Morgan fingerprint density at radius 3 is 2.58 bits per heavy atom. The molecule has 3 aromatic rings. The van der Waals surface area contributed by atoms with Crippen LogP contribution in [0.3, 0.4) is 0 Å². The molecule has 2 amide bonds.